The number of aryl methyl sites for hydroxylation is 1. The van der Waals surface area contributed by atoms with Crippen molar-refractivity contribution in [2.75, 3.05) is 31.9 Å². The molecule has 8 heteroatoms. The van der Waals surface area contributed by atoms with Crippen LogP contribution >= 0.6 is 11.8 Å². The van der Waals surface area contributed by atoms with Gasteiger partial charge in [0.2, 0.25) is 11.8 Å². The summed E-state index contributed by atoms with van der Waals surface area (Å²) in [6, 6.07) is 8.15. The Morgan fingerprint density at radius 3 is 2.32 bits per heavy atom. The lowest BCUT2D eigenvalue weighted by atomic mass is 9.86. The maximum Gasteiger partial charge on any atom is 0.233 e. The maximum atomic E-state index is 12.9. The fourth-order valence-corrected chi connectivity index (χ4v) is 5.99. The maximum absolute atomic E-state index is 12.9. The van der Waals surface area contributed by atoms with E-state index >= 15 is 0 Å². The van der Waals surface area contributed by atoms with Gasteiger partial charge in [-0.1, -0.05) is 68.1 Å². The first-order chi connectivity index (χ1) is 16.6. The second kappa shape index (κ2) is 11.9. The molecule has 0 unspecified atom stereocenters. The van der Waals surface area contributed by atoms with Crippen LogP contribution in [-0.2, 0) is 16.1 Å². The monoisotopic (exact) mass is 483 g/mol. The van der Waals surface area contributed by atoms with E-state index < -0.39 is 0 Å². The fraction of sp³-hybridized carbons (Fsp3) is 0.615. The van der Waals surface area contributed by atoms with E-state index in [4.69, 9.17) is 0 Å². The van der Waals surface area contributed by atoms with Gasteiger partial charge in [-0.25, -0.2) is 0 Å². The highest BCUT2D eigenvalue weighted by molar-refractivity contribution is 7.99. The van der Waals surface area contributed by atoms with E-state index in [2.05, 4.69) is 40.7 Å². The van der Waals surface area contributed by atoms with Gasteiger partial charge in [-0.05, 0) is 31.7 Å². The lowest BCUT2D eigenvalue weighted by Crippen LogP contribution is -2.51. The minimum Gasteiger partial charge on any atom is -0.339 e. The van der Waals surface area contributed by atoms with Crippen LogP contribution < -0.4 is 0 Å². The Morgan fingerprint density at radius 1 is 0.971 bits per heavy atom. The quantitative estimate of drug-likeness (QED) is 0.521. The zero-order valence-electron chi connectivity index (χ0n) is 20.5. The number of aromatic nitrogens is 3. The standard InChI is InChI=1S/C26H37N5O2S/c1-3-31-25(22-12-8-7-9-20(22)2)27-28-26(31)34-19-24(33)30-17-15-29(16-18-30)23(32)14-13-21-10-5-4-6-11-21/h7-9,12,21H,3-6,10-11,13-19H2,1-2H3. The number of carbonyl (C=O) groups is 2. The lowest BCUT2D eigenvalue weighted by molar-refractivity contribution is -0.138. The number of hydrogen-bond acceptors (Lipinski definition) is 5. The number of amides is 2. The smallest absolute Gasteiger partial charge is 0.233 e. The molecule has 0 atom stereocenters. The topological polar surface area (TPSA) is 71.3 Å². The highest BCUT2D eigenvalue weighted by atomic mass is 32.2. The van der Waals surface area contributed by atoms with Crippen molar-refractivity contribution in [2.45, 2.75) is 70.5 Å². The summed E-state index contributed by atoms with van der Waals surface area (Å²) in [4.78, 5) is 29.3. The molecule has 2 amide bonds. The molecule has 7 nitrogen and oxygen atoms in total. The highest BCUT2D eigenvalue weighted by Crippen LogP contribution is 2.28. The van der Waals surface area contributed by atoms with Gasteiger partial charge in [-0.2, -0.15) is 0 Å². The van der Waals surface area contributed by atoms with Crippen molar-refractivity contribution in [1.82, 2.24) is 24.6 Å². The van der Waals surface area contributed by atoms with E-state index in [1.54, 1.807) is 0 Å². The normalized spacial score (nSPS) is 17.2. The molecule has 2 heterocycles. The van der Waals surface area contributed by atoms with Gasteiger partial charge in [-0.3, -0.25) is 9.59 Å². The van der Waals surface area contributed by atoms with Crippen molar-refractivity contribution in [2.24, 2.45) is 5.92 Å². The number of nitrogens with zero attached hydrogens (tertiary/aromatic N) is 5. The Hall–Kier alpha value is -2.35. The second-order valence-corrected chi connectivity index (χ2v) is 10.4. The van der Waals surface area contributed by atoms with E-state index in [1.165, 1.54) is 43.9 Å². The number of rotatable bonds is 8. The number of hydrogen-bond donors (Lipinski definition) is 0. The Morgan fingerprint density at radius 2 is 1.65 bits per heavy atom. The van der Waals surface area contributed by atoms with E-state index in [0.29, 0.717) is 38.4 Å². The third kappa shape index (κ3) is 6.01. The molecule has 1 aliphatic carbocycles. The molecular weight excluding hydrogens is 446 g/mol. The molecule has 1 aromatic heterocycles. The minimum absolute atomic E-state index is 0.0994. The van der Waals surface area contributed by atoms with Crippen LogP contribution in [0.4, 0.5) is 0 Å². The molecule has 2 fully saturated rings. The van der Waals surface area contributed by atoms with Gasteiger partial charge in [0, 0.05) is 44.7 Å². The number of thioether (sulfide) groups is 1. The van der Waals surface area contributed by atoms with Crippen LogP contribution in [0.5, 0.6) is 0 Å². The molecule has 4 rings (SSSR count). The largest absolute Gasteiger partial charge is 0.339 e. The predicted molar refractivity (Wildman–Crippen MR) is 136 cm³/mol. The molecule has 34 heavy (non-hydrogen) atoms. The zero-order valence-corrected chi connectivity index (χ0v) is 21.4. The summed E-state index contributed by atoms with van der Waals surface area (Å²) >= 11 is 1.44. The van der Waals surface area contributed by atoms with Crippen LogP contribution in [0.15, 0.2) is 29.4 Å². The van der Waals surface area contributed by atoms with Gasteiger partial charge in [0.25, 0.3) is 0 Å². The molecular formula is C26H37N5O2S. The van der Waals surface area contributed by atoms with Crippen molar-refractivity contribution >= 4 is 23.6 Å². The zero-order chi connectivity index (χ0) is 23.9. The summed E-state index contributed by atoms with van der Waals surface area (Å²) < 4.78 is 2.07. The molecule has 2 aliphatic rings. The van der Waals surface area contributed by atoms with Crippen LogP contribution in [0, 0.1) is 12.8 Å². The van der Waals surface area contributed by atoms with Crippen molar-refractivity contribution in [3.63, 3.8) is 0 Å². The van der Waals surface area contributed by atoms with E-state index in [0.717, 1.165) is 41.0 Å². The van der Waals surface area contributed by atoms with Gasteiger partial charge < -0.3 is 14.4 Å². The molecule has 0 N–H and O–H groups in total. The van der Waals surface area contributed by atoms with Gasteiger partial charge >= 0.3 is 0 Å². The molecule has 1 saturated carbocycles. The lowest BCUT2D eigenvalue weighted by Gasteiger charge is -2.35. The van der Waals surface area contributed by atoms with Gasteiger partial charge in [0.15, 0.2) is 11.0 Å². The summed E-state index contributed by atoms with van der Waals surface area (Å²) in [5, 5.41) is 9.55. The molecule has 2 aromatic rings. The Balaban J connectivity index is 1.24. The van der Waals surface area contributed by atoms with Crippen molar-refractivity contribution < 1.29 is 9.59 Å². The fourth-order valence-electron chi connectivity index (χ4n) is 5.09. The summed E-state index contributed by atoms with van der Waals surface area (Å²) in [5.74, 6) is 2.26. The summed E-state index contributed by atoms with van der Waals surface area (Å²) in [7, 11) is 0. The highest BCUT2D eigenvalue weighted by Gasteiger charge is 2.25. The first-order valence-electron chi connectivity index (χ1n) is 12.7. The van der Waals surface area contributed by atoms with Crippen LogP contribution in [0.1, 0.15) is 57.4 Å². The molecule has 1 saturated heterocycles. The number of piperazine rings is 1. The second-order valence-electron chi connectivity index (χ2n) is 9.46. The summed E-state index contributed by atoms with van der Waals surface area (Å²) in [5.41, 5.74) is 2.22. The van der Waals surface area contributed by atoms with Gasteiger partial charge in [0.1, 0.15) is 0 Å². The molecule has 1 aliphatic heterocycles. The van der Waals surface area contributed by atoms with E-state index in [9.17, 15) is 9.59 Å². The summed E-state index contributed by atoms with van der Waals surface area (Å²) in [6.07, 6.45) is 8.24. The third-order valence-electron chi connectivity index (χ3n) is 7.22. The minimum atomic E-state index is 0.0994. The Labute approximate surface area is 207 Å². The van der Waals surface area contributed by atoms with Crippen molar-refractivity contribution in [3.8, 4) is 11.4 Å². The number of carbonyl (C=O) groups excluding carboxylic acids is 2. The van der Waals surface area contributed by atoms with Crippen LogP contribution in [-0.4, -0.2) is 68.3 Å². The average Bonchev–Trinajstić information content (AvgIpc) is 3.29. The van der Waals surface area contributed by atoms with E-state index in [1.807, 2.05) is 21.9 Å². The first kappa shape index (κ1) is 24.8. The van der Waals surface area contributed by atoms with Crippen LogP contribution in [0.25, 0.3) is 11.4 Å². The molecule has 0 bridgehead atoms. The van der Waals surface area contributed by atoms with Crippen LogP contribution in [0.2, 0.25) is 0 Å². The summed E-state index contributed by atoms with van der Waals surface area (Å²) in [6.45, 7) is 7.40. The molecule has 184 valence electrons. The Kier molecular flexibility index (Phi) is 8.64. The molecule has 0 spiro atoms. The van der Waals surface area contributed by atoms with Gasteiger partial charge in [0.05, 0.1) is 5.75 Å². The van der Waals surface area contributed by atoms with Gasteiger partial charge in [-0.15, -0.1) is 10.2 Å². The Bertz CT molecular complexity index is 977. The van der Waals surface area contributed by atoms with Crippen molar-refractivity contribution in [1.29, 1.82) is 0 Å². The van der Waals surface area contributed by atoms with Crippen molar-refractivity contribution in [3.05, 3.63) is 29.8 Å². The predicted octanol–water partition coefficient (Wildman–Crippen LogP) is 4.40. The van der Waals surface area contributed by atoms with E-state index in [-0.39, 0.29) is 11.8 Å². The SMILES string of the molecule is CCn1c(SCC(=O)N2CCN(C(=O)CCC3CCCCC3)CC2)nnc1-c1ccccc1C. The molecule has 0 radical (unpaired) electrons. The number of benzene rings is 1. The first-order valence-corrected chi connectivity index (χ1v) is 13.7. The third-order valence-corrected chi connectivity index (χ3v) is 8.17. The van der Waals surface area contributed by atoms with Crippen LogP contribution in [0.3, 0.4) is 0 Å². The average molecular weight is 484 g/mol. The molecule has 1 aromatic carbocycles.